The highest BCUT2D eigenvalue weighted by atomic mass is 19.4. The third-order valence-electron chi connectivity index (χ3n) is 3.99. The molecule has 0 fully saturated rings. The Hall–Kier alpha value is -3.23. The Bertz CT molecular complexity index is 961. The molecule has 0 saturated carbocycles. The number of hydrogen-bond donors (Lipinski definition) is 2. The number of halogens is 6. The van der Waals surface area contributed by atoms with Crippen molar-refractivity contribution in [3.8, 4) is 11.1 Å². The van der Waals surface area contributed by atoms with E-state index in [4.69, 9.17) is 5.73 Å². The number of pyridine rings is 1. The number of rotatable bonds is 3. The van der Waals surface area contributed by atoms with Gasteiger partial charge < -0.3 is 11.1 Å². The van der Waals surface area contributed by atoms with Crippen LogP contribution in [-0.4, -0.2) is 4.98 Å². The number of alkyl halides is 6. The van der Waals surface area contributed by atoms with Crippen LogP contribution in [0.5, 0.6) is 0 Å². The zero-order chi connectivity index (χ0) is 20.5. The van der Waals surface area contributed by atoms with E-state index in [2.05, 4.69) is 10.3 Å². The summed E-state index contributed by atoms with van der Waals surface area (Å²) in [6.07, 6.45) is -7.49. The highest BCUT2D eigenvalue weighted by molar-refractivity contribution is 5.85. The van der Waals surface area contributed by atoms with Crippen molar-refractivity contribution in [1.82, 2.24) is 4.98 Å². The van der Waals surface area contributed by atoms with Crippen LogP contribution in [-0.2, 0) is 12.4 Å². The largest absolute Gasteiger partial charge is 0.416 e. The second-order valence-corrected chi connectivity index (χ2v) is 5.90. The highest BCUT2D eigenvalue weighted by Crippen LogP contribution is 2.35. The van der Waals surface area contributed by atoms with Crippen molar-refractivity contribution < 1.29 is 26.3 Å². The number of benzene rings is 2. The zero-order valence-corrected chi connectivity index (χ0v) is 14.1. The minimum absolute atomic E-state index is 0.155. The van der Waals surface area contributed by atoms with Crippen LogP contribution in [0.25, 0.3) is 11.1 Å². The van der Waals surface area contributed by atoms with Gasteiger partial charge in [0.15, 0.2) is 5.82 Å². The summed E-state index contributed by atoms with van der Waals surface area (Å²) in [5, 5.41) is 2.81. The SMILES string of the molecule is Nc1c(-c2ccc(C(F)(F)F)cc2)ccnc1Nc1ccc(C(F)(F)F)cc1. The Morgan fingerprint density at radius 1 is 0.714 bits per heavy atom. The van der Waals surface area contributed by atoms with Crippen molar-refractivity contribution in [2.75, 3.05) is 11.1 Å². The van der Waals surface area contributed by atoms with Gasteiger partial charge in [-0.1, -0.05) is 12.1 Å². The van der Waals surface area contributed by atoms with Gasteiger partial charge in [0, 0.05) is 17.4 Å². The van der Waals surface area contributed by atoms with Crippen molar-refractivity contribution in [2.24, 2.45) is 0 Å². The van der Waals surface area contributed by atoms with Gasteiger partial charge >= 0.3 is 12.4 Å². The summed E-state index contributed by atoms with van der Waals surface area (Å²) >= 11 is 0. The quantitative estimate of drug-likeness (QED) is 0.524. The van der Waals surface area contributed by atoms with Crippen molar-refractivity contribution in [1.29, 1.82) is 0 Å². The van der Waals surface area contributed by atoms with Crippen LogP contribution < -0.4 is 11.1 Å². The third kappa shape index (κ3) is 4.19. The molecule has 3 aromatic rings. The zero-order valence-electron chi connectivity index (χ0n) is 14.1. The molecule has 0 radical (unpaired) electrons. The van der Waals surface area contributed by atoms with E-state index in [1.807, 2.05) is 0 Å². The maximum Gasteiger partial charge on any atom is 0.416 e. The molecule has 146 valence electrons. The molecule has 0 aliphatic rings. The number of nitrogen functional groups attached to an aromatic ring is 1. The molecule has 1 aromatic heterocycles. The number of nitrogens with zero attached hydrogens (tertiary/aromatic N) is 1. The lowest BCUT2D eigenvalue weighted by atomic mass is 10.0. The molecule has 9 heteroatoms. The molecule has 0 spiro atoms. The summed E-state index contributed by atoms with van der Waals surface area (Å²) in [7, 11) is 0. The van der Waals surface area contributed by atoms with Gasteiger partial charge in [0.1, 0.15) is 0 Å². The Balaban J connectivity index is 1.87. The van der Waals surface area contributed by atoms with Gasteiger partial charge in [0.2, 0.25) is 0 Å². The predicted molar refractivity (Wildman–Crippen MR) is 93.8 cm³/mol. The molecule has 28 heavy (non-hydrogen) atoms. The fraction of sp³-hybridized carbons (Fsp3) is 0.105. The van der Waals surface area contributed by atoms with E-state index < -0.39 is 23.5 Å². The molecule has 1 heterocycles. The monoisotopic (exact) mass is 397 g/mol. The topological polar surface area (TPSA) is 50.9 Å². The summed E-state index contributed by atoms with van der Waals surface area (Å²) in [5.74, 6) is 0.178. The number of aromatic nitrogens is 1. The number of nitrogens with one attached hydrogen (secondary N) is 1. The molecule has 3 rings (SSSR count). The number of nitrogens with two attached hydrogens (primary N) is 1. The maximum absolute atomic E-state index is 12.7. The van der Waals surface area contributed by atoms with Crippen molar-refractivity contribution in [3.63, 3.8) is 0 Å². The van der Waals surface area contributed by atoms with Crippen LogP contribution in [0.2, 0.25) is 0 Å². The van der Waals surface area contributed by atoms with Gasteiger partial charge in [-0.3, -0.25) is 0 Å². The first kappa shape index (κ1) is 19.5. The molecule has 0 bridgehead atoms. The van der Waals surface area contributed by atoms with Crippen LogP contribution in [0.1, 0.15) is 11.1 Å². The minimum Gasteiger partial charge on any atom is -0.395 e. The van der Waals surface area contributed by atoms with Crippen LogP contribution in [0.4, 0.5) is 43.5 Å². The first-order chi connectivity index (χ1) is 13.1. The van der Waals surface area contributed by atoms with E-state index >= 15 is 0 Å². The van der Waals surface area contributed by atoms with Crippen LogP contribution >= 0.6 is 0 Å². The highest BCUT2D eigenvalue weighted by Gasteiger charge is 2.30. The van der Waals surface area contributed by atoms with Gasteiger partial charge in [0.05, 0.1) is 16.8 Å². The van der Waals surface area contributed by atoms with E-state index in [1.54, 1.807) is 0 Å². The summed E-state index contributed by atoms with van der Waals surface area (Å²) in [5.41, 5.74) is 5.86. The van der Waals surface area contributed by atoms with Crippen LogP contribution in [0.15, 0.2) is 60.8 Å². The van der Waals surface area contributed by atoms with Gasteiger partial charge in [0.25, 0.3) is 0 Å². The van der Waals surface area contributed by atoms with Crippen molar-refractivity contribution in [2.45, 2.75) is 12.4 Å². The van der Waals surface area contributed by atoms with Gasteiger partial charge in [-0.2, -0.15) is 26.3 Å². The van der Waals surface area contributed by atoms with Crippen LogP contribution in [0, 0.1) is 0 Å². The van der Waals surface area contributed by atoms with E-state index in [0.29, 0.717) is 16.8 Å². The smallest absolute Gasteiger partial charge is 0.395 e. The van der Waals surface area contributed by atoms with Gasteiger partial charge in [-0.25, -0.2) is 4.98 Å². The number of anilines is 3. The molecular formula is C19H13F6N3. The molecule has 0 unspecified atom stereocenters. The summed E-state index contributed by atoms with van der Waals surface area (Å²) in [4.78, 5) is 4.05. The van der Waals surface area contributed by atoms with Crippen molar-refractivity contribution in [3.05, 3.63) is 71.9 Å². The van der Waals surface area contributed by atoms with E-state index in [0.717, 1.165) is 24.3 Å². The first-order valence-electron chi connectivity index (χ1n) is 7.92. The third-order valence-corrected chi connectivity index (χ3v) is 3.99. The molecule has 3 N–H and O–H groups in total. The van der Waals surface area contributed by atoms with E-state index in [1.165, 1.54) is 36.5 Å². The summed E-state index contributed by atoms with van der Waals surface area (Å²) < 4.78 is 76.0. The predicted octanol–water partition coefficient (Wildman–Crippen LogP) is 6.11. The molecule has 2 aromatic carbocycles. The second-order valence-electron chi connectivity index (χ2n) is 5.90. The van der Waals surface area contributed by atoms with E-state index in [-0.39, 0.29) is 11.5 Å². The Kier molecular flexibility index (Phi) is 4.93. The molecule has 0 aliphatic heterocycles. The number of hydrogen-bond acceptors (Lipinski definition) is 3. The lowest BCUT2D eigenvalue weighted by Gasteiger charge is -2.14. The average molecular weight is 397 g/mol. The Morgan fingerprint density at radius 2 is 1.21 bits per heavy atom. The molecule has 0 amide bonds. The normalized spacial score (nSPS) is 12.1. The molecule has 0 atom stereocenters. The second kappa shape index (κ2) is 7.06. The van der Waals surface area contributed by atoms with Gasteiger partial charge in [-0.05, 0) is 48.0 Å². The fourth-order valence-electron chi connectivity index (χ4n) is 2.54. The lowest BCUT2D eigenvalue weighted by molar-refractivity contribution is -0.138. The first-order valence-corrected chi connectivity index (χ1v) is 7.92. The standard InChI is InChI=1S/C19H13F6N3/c20-18(21,22)12-3-1-11(2-4-12)15-9-10-27-17(16(15)26)28-14-7-5-13(6-8-14)19(23,24)25/h1-10H,26H2,(H,27,28). The molecular weight excluding hydrogens is 384 g/mol. The summed E-state index contributed by atoms with van der Waals surface area (Å²) in [6, 6.07) is 10.3. The molecule has 0 saturated heterocycles. The van der Waals surface area contributed by atoms with Crippen LogP contribution in [0.3, 0.4) is 0 Å². The Morgan fingerprint density at radius 3 is 1.71 bits per heavy atom. The van der Waals surface area contributed by atoms with E-state index in [9.17, 15) is 26.3 Å². The summed E-state index contributed by atoms with van der Waals surface area (Å²) in [6.45, 7) is 0. The lowest BCUT2D eigenvalue weighted by Crippen LogP contribution is -2.05. The average Bonchev–Trinajstić information content (AvgIpc) is 2.63. The van der Waals surface area contributed by atoms with Crippen molar-refractivity contribution >= 4 is 17.2 Å². The molecule has 3 nitrogen and oxygen atoms in total. The molecule has 0 aliphatic carbocycles. The maximum atomic E-state index is 12.7. The Labute approximate surface area is 155 Å². The minimum atomic E-state index is -4.45. The fourth-order valence-corrected chi connectivity index (χ4v) is 2.54. The van der Waals surface area contributed by atoms with Gasteiger partial charge in [-0.15, -0.1) is 0 Å².